The van der Waals surface area contributed by atoms with Gasteiger partial charge >= 0.3 is 6.09 Å². The van der Waals surface area contributed by atoms with Crippen molar-refractivity contribution < 1.29 is 9.53 Å². The van der Waals surface area contributed by atoms with E-state index in [2.05, 4.69) is 20.8 Å². The number of nitrogens with zero attached hydrogens (tertiary/aromatic N) is 1. The zero-order chi connectivity index (χ0) is 12.4. The first-order valence-corrected chi connectivity index (χ1v) is 6.10. The molecule has 0 radical (unpaired) electrons. The number of ether oxygens (including phenoxy) is 1. The third-order valence-electron chi connectivity index (χ3n) is 3.29. The minimum absolute atomic E-state index is 0.00575. The lowest BCUT2D eigenvalue weighted by Gasteiger charge is -2.22. The van der Waals surface area contributed by atoms with Gasteiger partial charge in [0.2, 0.25) is 0 Å². The van der Waals surface area contributed by atoms with Crippen molar-refractivity contribution in [3.8, 4) is 0 Å². The van der Waals surface area contributed by atoms with Crippen molar-refractivity contribution >= 4 is 6.09 Å². The van der Waals surface area contributed by atoms with Gasteiger partial charge in [0, 0.05) is 6.54 Å². The van der Waals surface area contributed by atoms with Gasteiger partial charge in [-0.05, 0) is 18.4 Å². The molecule has 1 saturated heterocycles. The van der Waals surface area contributed by atoms with E-state index in [-0.39, 0.29) is 18.2 Å². The number of carbonyl (C=O) groups excluding carboxylic acids is 1. The van der Waals surface area contributed by atoms with Gasteiger partial charge < -0.3 is 4.74 Å². The Morgan fingerprint density at radius 1 is 1.29 bits per heavy atom. The van der Waals surface area contributed by atoms with Crippen LogP contribution in [0, 0.1) is 5.92 Å². The summed E-state index contributed by atoms with van der Waals surface area (Å²) in [6.07, 6.45) is -0.189. The third kappa shape index (κ3) is 2.43. The van der Waals surface area contributed by atoms with Crippen molar-refractivity contribution in [2.24, 2.45) is 5.92 Å². The van der Waals surface area contributed by atoms with Crippen molar-refractivity contribution in [3.63, 3.8) is 0 Å². The minimum Gasteiger partial charge on any atom is -0.444 e. The van der Waals surface area contributed by atoms with Gasteiger partial charge in [-0.1, -0.05) is 44.2 Å². The maximum Gasteiger partial charge on any atom is 0.410 e. The monoisotopic (exact) mass is 233 g/mol. The van der Waals surface area contributed by atoms with Crippen molar-refractivity contribution in [3.05, 3.63) is 35.9 Å². The molecule has 17 heavy (non-hydrogen) atoms. The first-order chi connectivity index (χ1) is 8.09. The van der Waals surface area contributed by atoms with Gasteiger partial charge in [-0.15, -0.1) is 0 Å². The zero-order valence-corrected chi connectivity index (χ0v) is 10.6. The number of hydrogen-bond donors (Lipinski definition) is 0. The van der Waals surface area contributed by atoms with E-state index < -0.39 is 0 Å². The highest BCUT2D eigenvalue weighted by Crippen LogP contribution is 2.26. The molecule has 0 N–H and O–H groups in total. The summed E-state index contributed by atoms with van der Waals surface area (Å²) in [7, 11) is 0. The molecular formula is C14H19NO2. The van der Waals surface area contributed by atoms with Crippen molar-refractivity contribution in [1.29, 1.82) is 0 Å². The molecule has 1 aromatic rings. The molecular weight excluding hydrogens is 214 g/mol. The van der Waals surface area contributed by atoms with Crippen molar-refractivity contribution in [2.75, 3.05) is 0 Å². The molecule has 0 spiro atoms. The molecule has 3 heteroatoms. The highest BCUT2D eigenvalue weighted by atomic mass is 16.6. The Kier molecular flexibility index (Phi) is 3.36. The Morgan fingerprint density at radius 2 is 1.94 bits per heavy atom. The number of cyclic esters (lactones) is 1. The van der Waals surface area contributed by atoms with Crippen LogP contribution in [0.1, 0.15) is 26.3 Å². The van der Waals surface area contributed by atoms with Crippen LogP contribution in [-0.2, 0) is 11.3 Å². The smallest absolute Gasteiger partial charge is 0.410 e. The van der Waals surface area contributed by atoms with E-state index in [0.717, 1.165) is 5.56 Å². The van der Waals surface area contributed by atoms with E-state index in [1.165, 1.54) is 0 Å². The molecule has 0 saturated carbocycles. The number of benzene rings is 1. The predicted molar refractivity (Wildman–Crippen MR) is 66.6 cm³/mol. The summed E-state index contributed by atoms with van der Waals surface area (Å²) >= 11 is 0. The molecule has 3 nitrogen and oxygen atoms in total. The fourth-order valence-electron chi connectivity index (χ4n) is 2.31. The topological polar surface area (TPSA) is 29.5 Å². The molecule has 1 amide bonds. The fraction of sp³-hybridized carbons (Fsp3) is 0.500. The largest absolute Gasteiger partial charge is 0.444 e. The van der Waals surface area contributed by atoms with Crippen LogP contribution < -0.4 is 0 Å². The number of amides is 1. The molecule has 0 aliphatic carbocycles. The molecule has 0 unspecified atom stereocenters. The molecule has 1 aromatic carbocycles. The summed E-state index contributed by atoms with van der Waals surface area (Å²) in [5.74, 6) is 0.356. The Balaban J connectivity index is 2.09. The number of rotatable bonds is 3. The van der Waals surface area contributed by atoms with Gasteiger partial charge in [-0.2, -0.15) is 0 Å². The van der Waals surface area contributed by atoms with Gasteiger partial charge in [0.25, 0.3) is 0 Å². The highest BCUT2D eigenvalue weighted by molar-refractivity contribution is 5.70. The minimum atomic E-state index is -0.194. The normalized spacial score (nSPS) is 24.2. The highest BCUT2D eigenvalue weighted by Gasteiger charge is 2.39. The molecule has 1 aliphatic heterocycles. The lowest BCUT2D eigenvalue weighted by Crippen LogP contribution is -2.35. The van der Waals surface area contributed by atoms with E-state index in [1.54, 1.807) is 4.90 Å². The predicted octanol–water partition coefficient (Wildman–Crippen LogP) is 3.05. The van der Waals surface area contributed by atoms with Crippen LogP contribution in [0.3, 0.4) is 0 Å². The summed E-state index contributed by atoms with van der Waals surface area (Å²) in [6.45, 7) is 6.85. The Labute approximate surface area is 102 Å². The second kappa shape index (κ2) is 4.78. The van der Waals surface area contributed by atoms with Gasteiger partial charge in [-0.25, -0.2) is 4.79 Å². The lowest BCUT2D eigenvalue weighted by atomic mass is 10.0. The number of carbonyl (C=O) groups is 1. The molecule has 1 fully saturated rings. The standard InChI is InChI=1S/C14H19NO2/c1-10(2)13-11(3)15(14(16)17-13)9-12-7-5-4-6-8-12/h4-8,10-11,13H,9H2,1-3H3/t11-,13-/m1/s1. The average molecular weight is 233 g/mol. The Hall–Kier alpha value is -1.51. The van der Waals surface area contributed by atoms with Crippen LogP contribution in [0.5, 0.6) is 0 Å². The van der Waals surface area contributed by atoms with Gasteiger partial charge in [0.1, 0.15) is 6.10 Å². The molecule has 2 rings (SSSR count). The molecule has 1 heterocycles. The summed E-state index contributed by atoms with van der Waals surface area (Å²) < 4.78 is 5.41. The van der Waals surface area contributed by atoms with E-state index in [4.69, 9.17) is 4.74 Å². The lowest BCUT2D eigenvalue weighted by molar-refractivity contribution is 0.104. The van der Waals surface area contributed by atoms with Crippen LogP contribution in [0.25, 0.3) is 0 Å². The SMILES string of the molecule is CC(C)[C@H]1OC(=O)N(Cc2ccccc2)[C@@H]1C. The second-order valence-electron chi connectivity index (χ2n) is 4.95. The first kappa shape index (κ1) is 12.0. The molecule has 0 aromatic heterocycles. The second-order valence-corrected chi connectivity index (χ2v) is 4.95. The average Bonchev–Trinajstić information content (AvgIpc) is 2.58. The zero-order valence-electron chi connectivity index (χ0n) is 10.6. The van der Waals surface area contributed by atoms with Gasteiger partial charge in [-0.3, -0.25) is 4.90 Å². The molecule has 92 valence electrons. The van der Waals surface area contributed by atoms with Crippen LogP contribution >= 0.6 is 0 Å². The maximum absolute atomic E-state index is 11.8. The van der Waals surface area contributed by atoms with Crippen LogP contribution in [0.2, 0.25) is 0 Å². The third-order valence-corrected chi connectivity index (χ3v) is 3.29. The number of hydrogen-bond acceptors (Lipinski definition) is 2. The van der Waals surface area contributed by atoms with Crippen molar-refractivity contribution in [2.45, 2.75) is 39.5 Å². The van der Waals surface area contributed by atoms with E-state index in [1.807, 2.05) is 30.3 Å². The van der Waals surface area contributed by atoms with Crippen LogP contribution in [-0.4, -0.2) is 23.1 Å². The van der Waals surface area contributed by atoms with Gasteiger partial charge in [0.15, 0.2) is 0 Å². The molecule has 0 bridgehead atoms. The van der Waals surface area contributed by atoms with Crippen LogP contribution in [0.4, 0.5) is 4.79 Å². The van der Waals surface area contributed by atoms with E-state index >= 15 is 0 Å². The summed E-state index contributed by atoms with van der Waals surface area (Å²) in [5, 5.41) is 0. The molecule has 1 aliphatic rings. The summed E-state index contributed by atoms with van der Waals surface area (Å²) in [5.41, 5.74) is 1.14. The van der Waals surface area contributed by atoms with Crippen LogP contribution in [0.15, 0.2) is 30.3 Å². The van der Waals surface area contributed by atoms with Gasteiger partial charge in [0.05, 0.1) is 6.04 Å². The van der Waals surface area contributed by atoms with E-state index in [0.29, 0.717) is 12.5 Å². The first-order valence-electron chi connectivity index (χ1n) is 6.10. The fourth-order valence-corrected chi connectivity index (χ4v) is 2.31. The Bertz CT molecular complexity index is 388. The Morgan fingerprint density at radius 3 is 2.47 bits per heavy atom. The van der Waals surface area contributed by atoms with E-state index in [9.17, 15) is 4.79 Å². The molecule has 2 atom stereocenters. The quantitative estimate of drug-likeness (QED) is 0.803. The maximum atomic E-state index is 11.8. The van der Waals surface area contributed by atoms with Crippen molar-refractivity contribution in [1.82, 2.24) is 4.90 Å². The summed E-state index contributed by atoms with van der Waals surface area (Å²) in [6, 6.07) is 10.2. The summed E-state index contributed by atoms with van der Waals surface area (Å²) in [4.78, 5) is 13.6.